The van der Waals surface area contributed by atoms with Gasteiger partial charge in [0.1, 0.15) is 5.02 Å². The first-order valence-corrected chi connectivity index (χ1v) is 15.8. The number of carbonyl (C=O) groups is 1. The van der Waals surface area contributed by atoms with Crippen molar-refractivity contribution in [2.75, 3.05) is 11.9 Å². The first kappa shape index (κ1) is 32.0. The minimum atomic E-state index is -0.417. The number of anilines is 1. The number of halogens is 1. The van der Waals surface area contributed by atoms with E-state index in [1.807, 2.05) is 25.1 Å². The molecule has 0 saturated heterocycles. The first-order valence-electron chi connectivity index (χ1n) is 15.4. The molecule has 222 valence electrons. The number of rotatable bonds is 17. The van der Waals surface area contributed by atoms with Crippen LogP contribution in [-0.2, 0) is 10.2 Å². The van der Waals surface area contributed by atoms with E-state index in [4.69, 9.17) is 16.3 Å². The molecule has 0 fully saturated rings. The number of fused-ring (bicyclic) bond motifs is 1. The van der Waals surface area contributed by atoms with Gasteiger partial charge < -0.3 is 9.72 Å². The SMILES string of the molecule is CCCCCCCCCCCCCCCCOC(=O)Nc1ccc(-c2nn3nc(C(C)(C)C)c(Cl)c3[nH]2)c(C)c1. The van der Waals surface area contributed by atoms with Crippen molar-refractivity contribution in [3.05, 3.63) is 34.5 Å². The standard InChI is InChI=1S/C32H50ClN5O2/c1-6-7-8-9-10-11-12-13-14-15-16-17-18-19-22-40-31(39)34-25-20-21-26(24(2)23-25)29-35-30-27(33)28(32(3,4)5)36-38(30)37-29/h20-21,23H,6-19,22H2,1-5H3,(H,34,39)(H,35,37). The normalized spacial score (nSPS) is 11.8. The van der Waals surface area contributed by atoms with Gasteiger partial charge in [0.2, 0.25) is 0 Å². The number of carbonyl (C=O) groups excluding carboxylic acids is 1. The molecule has 2 heterocycles. The van der Waals surface area contributed by atoms with Gasteiger partial charge in [-0.25, -0.2) is 4.79 Å². The van der Waals surface area contributed by atoms with E-state index in [2.05, 4.69) is 48.2 Å². The van der Waals surface area contributed by atoms with Gasteiger partial charge in [0.05, 0.1) is 12.3 Å². The number of unbranched alkanes of at least 4 members (excludes halogenated alkanes) is 13. The minimum absolute atomic E-state index is 0.171. The van der Waals surface area contributed by atoms with Gasteiger partial charge in [-0.15, -0.1) is 9.73 Å². The van der Waals surface area contributed by atoms with Crippen molar-refractivity contribution < 1.29 is 9.53 Å². The quantitative estimate of drug-likeness (QED) is 0.158. The number of amides is 1. The molecule has 0 aliphatic rings. The van der Waals surface area contributed by atoms with Crippen LogP contribution in [0.5, 0.6) is 0 Å². The van der Waals surface area contributed by atoms with Gasteiger partial charge in [-0.3, -0.25) is 5.32 Å². The Morgan fingerprint density at radius 2 is 1.50 bits per heavy atom. The van der Waals surface area contributed by atoms with Crippen LogP contribution in [0.4, 0.5) is 10.5 Å². The Labute approximate surface area is 245 Å². The molecule has 0 aliphatic heterocycles. The number of aryl methyl sites for hydroxylation is 1. The van der Waals surface area contributed by atoms with Crippen molar-refractivity contribution in [3.8, 4) is 11.4 Å². The van der Waals surface area contributed by atoms with Gasteiger partial charge in [0.15, 0.2) is 11.5 Å². The fourth-order valence-corrected chi connectivity index (χ4v) is 5.46. The molecule has 1 amide bonds. The summed E-state index contributed by atoms with van der Waals surface area (Å²) in [7, 11) is 0. The lowest BCUT2D eigenvalue weighted by molar-refractivity contribution is 0.159. The Balaban J connectivity index is 1.30. The molecule has 0 aliphatic carbocycles. The number of hydrogen-bond acceptors (Lipinski definition) is 4. The number of ether oxygens (including phenoxy) is 1. The zero-order chi connectivity index (χ0) is 29.0. The molecule has 8 heteroatoms. The number of benzene rings is 1. The van der Waals surface area contributed by atoms with Gasteiger partial charge in [-0.1, -0.05) is 123 Å². The molecular weight excluding hydrogens is 522 g/mol. The first-order chi connectivity index (χ1) is 19.2. The Bertz CT molecular complexity index is 1190. The summed E-state index contributed by atoms with van der Waals surface area (Å²) >= 11 is 6.57. The Morgan fingerprint density at radius 1 is 0.925 bits per heavy atom. The molecule has 7 nitrogen and oxygen atoms in total. The number of nitrogens with zero attached hydrogens (tertiary/aromatic N) is 3. The van der Waals surface area contributed by atoms with Crippen molar-refractivity contribution in [2.45, 2.75) is 130 Å². The van der Waals surface area contributed by atoms with Gasteiger partial charge in [0.25, 0.3) is 0 Å². The second-order valence-electron chi connectivity index (χ2n) is 12.1. The molecule has 2 N–H and O–H groups in total. The zero-order valence-electron chi connectivity index (χ0n) is 25.4. The highest BCUT2D eigenvalue weighted by atomic mass is 35.5. The zero-order valence-corrected chi connectivity index (χ0v) is 26.1. The lowest BCUT2D eigenvalue weighted by atomic mass is 9.92. The molecular formula is C32H50ClN5O2. The highest BCUT2D eigenvalue weighted by Crippen LogP contribution is 2.32. The average Bonchev–Trinajstić information content (AvgIpc) is 3.45. The largest absolute Gasteiger partial charge is 0.449 e. The third kappa shape index (κ3) is 9.83. The number of aromatic amines is 1. The fourth-order valence-electron chi connectivity index (χ4n) is 5.02. The summed E-state index contributed by atoms with van der Waals surface area (Å²) < 4.78 is 6.95. The third-order valence-corrected chi connectivity index (χ3v) is 7.77. The summed E-state index contributed by atoms with van der Waals surface area (Å²) in [5.74, 6) is 0.675. The number of nitrogens with one attached hydrogen (secondary N) is 2. The molecule has 2 aromatic heterocycles. The molecule has 1 aromatic carbocycles. The van der Waals surface area contributed by atoms with E-state index < -0.39 is 6.09 Å². The topological polar surface area (TPSA) is 84.3 Å². The second kappa shape index (κ2) is 16.0. The summed E-state index contributed by atoms with van der Waals surface area (Å²) in [5, 5.41) is 12.6. The van der Waals surface area contributed by atoms with Gasteiger partial charge in [-0.2, -0.15) is 5.10 Å². The molecule has 3 rings (SSSR count). The van der Waals surface area contributed by atoms with Crippen molar-refractivity contribution >= 4 is 29.0 Å². The fraction of sp³-hybridized carbons (Fsp3) is 0.656. The molecule has 0 atom stereocenters. The Kier molecular flexibility index (Phi) is 12.8. The summed E-state index contributed by atoms with van der Waals surface area (Å²) in [6, 6.07) is 5.69. The van der Waals surface area contributed by atoms with Crippen molar-refractivity contribution in [1.82, 2.24) is 19.8 Å². The highest BCUT2D eigenvalue weighted by Gasteiger charge is 2.25. The monoisotopic (exact) mass is 571 g/mol. The maximum absolute atomic E-state index is 12.3. The lowest BCUT2D eigenvalue weighted by Gasteiger charge is -2.14. The summed E-state index contributed by atoms with van der Waals surface area (Å²) in [5.41, 5.74) is 3.89. The van der Waals surface area contributed by atoms with Crippen LogP contribution >= 0.6 is 11.6 Å². The van der Waals surface area contributed by atoms with Crippen LogP contribution in [0.3, 0.4) is 0 Å². The Hall–Kier alpha value is -2.54. The molecule has 0 radical (unpaired) electrons. The molecule has 0 bridgehead atoms. The van der Waals surface area contributed by atoms with Crippen LogP contribution in [0.25, 0.3) is 17.0 Å². The molecule has 0 spiro atoms. The molecule has 3 aromatic rings. The highest BCUT2D eigenvalue weighted by molar-refractivity contribution is 6.34. The van der Waals surface area contributed by atoms with Gasteiger partial charge >= 0.3 is 6.09 Å². The van der Waals surface area contributed by atoms with E-state index in [9.17, 15) is 4.79 Å². The molecule has 0 unspecified atom stereocenters. The van der Waals surface area contributed by atoms with Crippen molar-refractivity contribution in [2.24, 2.45) is 0 Å². The smallest absolute Gasteiger partial charge is 0.411 e. The van der Waals surface area contributed by atoms with Crippen molar-refractivity contribution in [1.29, 1.82) is 0 Å². The number of aromatic nitrogens is 4. The summed E-state index contributed by atoms with van der Waals surface area (Å²) in [6.45, 7) is 10.9. The van der Waals surface area contributed by atoms with E-state index in [1.165, 1.54) is 77.0 Å². The molecule has 40 heavy (non-hydrogen) atoms. The van der Waals surface area contributed by atoms with E-state index >= 15 is 0 Å². The van der Waals surface area contributed by atoms with Gasteiger partial charge in [0, 0.05) is 16.7 Å². The maximum atomic E-state index is 12.3. The predicted molar refractivity (Wildman–Crippen MR) is 167 cm³/mol. The van der Waals surface area contributed by atoms with Crippen LogP contribution in [0.15, 0.2) is 18.2 Å². The lowest BCUT2D eigenvalue weighted by Crippen LogP contribution is -2.14. The number of hydrogen-bond donors (Lipinski definition) is 2. The summed E-state index contributed by atoms with van der Waals surface area (Å²) in [4.78, 5) is 15.6. The van der Waals surface area contributed by atoms with Crippen LogP contribution in [-0.4, -0.2) is 32.5 Å². The Morgan fingerprint density at radius 3 is 2.02 bits per heavy atom. The van der Waals surface area contributed by atoms with Gasteiger partial charge in [-0.05, 0) is 37.1 Å². The van der Waals surface area contributed by atoms with E-state index in [1.54, 1.807) is 4.63 Å². The summed E-state index contributed by atoms with van der Waals surface area (Å²) in [6.07, 6.45) is 17.9. The molecule has 0 saturated carbocycles. The average molecular weight is 572 g/mol. The second-order valence-corrected chi connectivity index (χ2v) is 12.5. The van der Waals surface area contributed by atoms with Crippen LogP contribution in [0.2, 0.25) is 5.02 Å². The predicted octanol–water partition coefficient (Wildman–Crippen LogP) is 10.0. The van der Waals surface area contributed by atoms with Crippen LogP contribution in [0, 0.1) is 6.92 Å². The van der Waals surface area contributed by atoms with Crippen LogP contribution in [0.1, 0.15) is 129 Å². The van der Waals surface area contributed by atoms with E-state index in [0.29, 0.717) is 28.8 Å². The van der Waals surface area contributed by atoms with Crippen LogP contribution < -0.4 is 5.32 Å². The maximum Gasteiger partial charge on any atom is 0.411 e. The third-order valence-electron chi connectivity index (χ3n) is 7.41. The van der Waals surface area contributed by atoms with E-state index in [-0.39, 0.29) is 5.41 Å². The van der Waals surface area contributed by atoms with Crippen molar-refractivity contribution in [3.63, 3.8) is 0 Å². The minimum Gasteiger partial charge on any atom is -0.449 e. The van der Waals surface area contributed by atoms with E-state index in [0.717, 1.165) is 29.7 Å². The number of H-pyrrole nitrogens is 1.